The highest BCUT2D eigenvalue weighted by atomic mass is 15.0. The van der Waals surface area contributed by atoms with Gasteiger partial charge in [-0.2, -0.15) is 0 Å². The van der Waals surface area contributed by atoms with Gasteiger partial charge < -0.3 is 9.13 Å². The molecule has 9 rings (SSSR count). The van der Waals surface area contributed by atoms with E-state index in [1.165, 1.54) is 43.5 Å². The van der Waals surface area contributed by atoms with Crippen LogP contribution in [0.1, 0.15) is 0 Å². The standard InChI is InChI=1S/C39H25N3/c1-2-12-29(13-3-1)41-37-17-9-7-15-32(37)34-25-40-35(24-39(34)41)28-19-21-33-31-14-6-8-16-36(31)42(38(33)23-28)30-20-18-26-10-4-5-11-27(26)22-30/h1-25H. The zero-order valence-corrected chi connectivity index (χ0v) is 22.8. The molecule has 0 spiro atoms. The van der Waals surface area contributed by atoms with Gasteiger partial charge in [0.2, 0.25) is 0 Å². The lowest BCUT2D eigenvalue weighted by molar-refractivity contribution is 1.17. The number of benzene rings is 6. The molecule has 42 heavy (non-hydrogen) atoms. The van der Waals surface area contributed by atoms with Crippen LogP contribution in [0.2, 0.25) is 0 Å². The second-order valence-electron chi connectivity index (χ2n) is 10.9. The molecule has 0 unspecified atom stereocenters. The van der Waals surface area contributed by atoms with Gasteiger partial charge in [-0.05, 0) is 59.3 Å². The average Bonchev–Trinajstić information content (AvgIpc) is 3.57. The molecule has 9 aromatic rings. The van der Waals surface area contributed by atoms with E-state index in [9.17, 15) is 0 Å². The molecule has 0 aliphatic rings. The topological polar surface area (TPSA) is 22.8 Å². The summed E-state index contributed by atoms with van der Waals surface area (Å²) in [6, 6.07) is 52.1. The third-order valence-corrected chi connectivity index (χ3v) is 8.53. The second-order valence-corrected chi connectivity index (χ2v) is 10.9. The molecular weight excluding hydrogens is 510 g/mol. The molecule has 3 heterocycles. The first-order valence-corrected chi connectivity index (χ1v) is 14.3. The van der Waals surface area contributed by atoms with Gasteiger partial charge in [-0.1, -0.05) is 97.1 Å². The summed E-state index contributed by atoms with van der Waals surface area (Å²) >= 11 is 0. The van der Waals surface area contributed by atoms with Crippen molar-refractivity contribution < 1.29 is 0 Å². The number of para-hydroxylation sites is 3. The number of pyridine rings is 1. The van der Waals surface area contributed by atoms with Gasteiger partial charge in [-0.25, -0.2) is 0 Å². The molecule has 3 heteroatoms. The van der Waals surface area contributed by atoms with E-state index in [-0.39, 0.29) is 0 Å². The molecule has 0 saturated heterocycles. The Morgan fingerprint density at radius 1 is 0.381 bits per heavy atom. The normalized spacial score (nSPS) is 11.8. The van der Waals surface area contributed by atoms with Crippen molar-refractivity contribution in [3.8, 4) is 22.6 Å². The highest BCUT2D eigenvalue weighted by Crippen LogP contribution is 2.37. The fourth-order valence-corrected chi connectivity index (χ4v) is 6.60. The summed E-state index contributed by atoms with van der Waals surface area (Å²) < 4.78 is 4.74. The van der Waals surface area contributed by atoms with E-state index in [0.717, 1.165) is 33.5 Å². The average molecular weight is 536 g/mol. The van der Waals surface area contributed by atoms with Crippen LogP contribution in [0.3, 0.4) is 0 Å². The summed E-state index contributed by atoms with van der Waals surface area (Å²) in [4.78, 5) is 5.02. The first kappa shape index (κ1) is 23.1. The van der Waals surface area contributed by atoms with Crippen molar-refractivity contribution in [2.24, 2.45) is 0 Å². The fraction of sp³-hybridized carbons (Fsp3) is 0. The zero-order valence-electron chi connectivity index (χ0n) is 22.8. The minimum atomic E-state index is 0.958. The molecule has 196 valence electrons. The monoisotopic (exact) mass is 535 g/mol. The van der Waals surface area contributed by atoms with E-state index in [0.29, 0.717) is 0 Å². The summed E-state index contributed by atoms with van der Waals surface area (Å²) in [7, 11) is 0. The number of nitrogens with zero attached hydrogens (tertiary/aromatic N) is 3. The molecular formula is C39H25N3. The van der Waals surface area contributed by atoms with E-state index in [1.807, 2.05) is 6.20 Å². The molecule has 0 saturated carbocycles. The fourth-order valence-electron chi connectivity index (χ4n) is 6.60. The van der Waals surface area contributed by atoms with E-state index >= 15 is 0 Å². The molecule has 6 aromatic carbocycles. The van der Waals surface area contributed by atoms with Gasteiger partial charge in [0.1, 0.15) is 0 Å². The van der Waals surface area contributed by atoms with Gasteiger partial charge in [0.15, 0.2) is 0 Å². The largest absolute Gasteiger partial charge is 0.309 e. The number of fused-ring (bicyclic) bond motifs is 7. The number of rotatable bonds is 3. The van der Waals surface area contributed by atoms with Crippen LogP contribution in [0.5, 0.6) is 0 Å². The maximum Gasteiger partial charge on any atom is 0.0724 e. The Kier molecular flexibility index (Phi) is 4.90. The van der Waals surface area contributed by atoms with Crippen LogP contribution in [-0.2, 0) is 0 Å². The third kappa shape index (κ3) is 3.37. The first-order valence-electron chi connectivity index (χ1n) is 14.3. The van der Waals surface area contributed by atoms with E-state index in [1.54, 1.807) is 0 Å². The van der Waals surface area contributed by atoms with Crippen molar-refractivity contribution in [2.75, 3.05) is 0 Å². The zero-order chi connectivity index (χ0) is 27.6. The summed E-state index contributed by atoms with van der Waals surface area (Å²) in [5.74, 6) is 0. The molecule has 0 bridgehead atoms. The number of hydrogen-bond donors (Lipinski definition) is 0. The van der Waals surface area contributed by atoms with Crippen LogP contribution in [0.4, 0.5) is 0 Å². The van der Waals surface area contributed by atoms with Crippen LogP contribution >= 0.6 is 0 Å². The van der Waals surface area contributed by atoms with E-state index in [2.05, 4.69) is 155 Å². The van der Waals surface area contributed by atoms with E-state index < -0.39 is 0 Å². The Bertz CT molecular complexity index is 2460. The van der Waals surface area contributed by atoms with Gasteiger partial charge in [0.25, 0.3) is 0 Å². The highest BCUT2D eigenvalue weighted by molar-refractivity contribution is 6.11. The van der Waals surface area contributed by atoms with Crippen molar-refractivity contribution in [1.29, 1.82) is 0 Å². The Hall–Kier alpha value is -5.67. The molecule has 0 aliphatic heterocycles. The number of hydrogen-bond acceptors (Lipinski definition) is 1. The van der Waals surface area contributed by atoms with Gasteiger partial charge in [0.05, 0.1) is 27.8 Å². The van der Waals surface area contributed by atoms with Gasteiger partial charge in [-0.15, -0.1) is 0 Å². The lowest BCUT2D eigenvalue weighted by Crippen LogP contribution is -1.95. The van der Waals surface area contributed by atoms with Crippen LogP contribution in [0.15, 0.2) is 152 Å². The lowest BCUT2D eigenvalue weighted by atomic mass is 10.1. The Morgan fingerprint density at radius 2 is 1.00 bits per heavy atom. The molecule has 0 atom stereocenters. The van der Waals surface area contributed by atoms with Gasteiger partial charge in [0, 0.05) is 44.7 Å². The minimum absolute atomic E-state index is 0.958. The molecule has 3 aromatic heterocycles. The predicted molar refractivity (Wildman–Crippen MR) is 176 cm³/mol. The van der Waals surface area contributed by atoms with Crippen molar-refractivity contribution in [2.45, 2.75) is 0 Å². The van der Waals surface area contributed by atoms with Gasteiger partial charge >= 0.3 is 0 Å². The van der Waals surface area contributed by atoms with Crippen molar-refractivity contribution in [3.63, 3.8) is 0 Å². The van der Waals surface area contributed by atoms with Gasteiger partial charge in [-0.3, -0.25) is 4.98 Å². The highest BCUT2D eigenvalue weighted by Gasteiger charge is 2.16. The molecule has 0 fully saturated rings. The second kappa shape index (κ2) is 8.92. The summed E-state index contributed by atoms with van der Waals surface area (Å²) in [5.41, 5.74) is 9.07. The van der Waals surface area contributed by atoms with Crippen molar-refractivity contribution >= 4 is 54.4 Å². The minimum Gasteiger partial charge on any atom is -0.309 e. The summed E-state index contributed by atoms with van der Waals surface area (Å²) in [6.07, 6.45) is 2.04. The quantitative estimate of drug-likeness (QED) is 0.221. The van der Waals surface area contributed by atoms with E-state index in [4.69, 9.17) is 4.98 Å². The third-order valence-electron chi connectivity index (χ3n) is 8.53. The smallest absolute Gasteiger partial charge is 0.0724 e. The molecule has 0 aliphatic carbocycles. The first-order chi connectivity index (χ1) is 20.8. The Morgan fingerprint density at radius 3 is 1.81 bits per heavy atom. The Labute approximate surface area is 242 Å². The maximum absolute atomic E-state index is 5.02. The SMILES string of the molecule is c1ccc(-n2c3ccccc3c3cnc(-c4ccc5c6ccccc6n(-c6ccc7ccccc7c6)c5c4)cc32)cc1. The summed E-state index contributed by atoms with van der Waals surface area (Å²) in [5, 5.41) is 7.33. The van der Waals surface area contributed by atoms with Crippen LogP contribution in [0.25, 0.3) is 77.0 Å². The predicted octanol–water partition coefficient (Wildman–Crippen LogP) is 10.1. The Balaban J connectivity index is 1.30. The molecule has 0 radical (unpaired) electrons. The maximum atomic E-state index is 5.02. The van der Waals surface area contributed by atoms with Crippen LogP contribution in [0, 0.1) is 0 Å². The molecule has 0 N–H and O–H groups in total. The lowest BCUT2D eigenvalue weighted by Gasteiger charge is -2.11. The van der Waals surface area contributed by atoms with Crippen LogP contribution < -0.4 is 0 Å². The van der Waals surface area contributed by atoms with Crippen molar-refractivity contribution in [1.82, 2.24) is 14.1 Å². The van der Waals surface area contributed by atoms with Crippen LogP contribution in [-0.4, -0.2) is 14.1 Å². The molecule has 0 amide bonds. The molecule has 3 nitrogen and oxygen atoms in total. The van der Waals surface area contributed by atoms with Crippen molar-refractivity contribution in [3.05, 3.63) is 152 Å². The summed E-state index contributed by atoms with van der Waals surface area (Å²) in [6.45, 7) is 0. The number of aromatic nitrogens is 3.